The van der Waals surface area contributed by atoms with Crippen LogP contribution in [0.1, 0.15) is 57.9 Å². The lowest BCUT2D eigenvalue weighted by atomic mass is 10.1. The lowest BCUT2D eigenvalue weighted by Crippen LogP contribution is -2.24. The molecule has 0 radical (unpaired) electrons. The van der Waals surface area contributed by atoms with Gasteiger partial charge in [-0.15, -0.1) is 0 Å². The number of methoxy groups -OCH3 is 1. The zero-order valence-electron chi connectivity index (χ0n) is 17.9. The molecule has 0 saturated carbocycles. The van der Waals surface area contributed by atoms with Crippen molar-refractivity contribution in [3.8, 4) is 0 Å². The Kier molecular flexibility index (Phi) is 6.72. The summed E-state index contributed by atoms with van der Waals surface area (Å²) in [5.74, 6) is -0.787. The molecule has 1 amide bonds. The van der Waals surface area contributed by atoms with Gasteiger partial charge in [-0.1, -0.05) is 6.07 Å². The number of anilines is 1. The molecule has 1 aromatic carbocycles. The van der Waals surface area contributed by atoms with E-state index in [1.807, 2.05) is 26.8 Å². The molecule has 0 bridgehead atoms. The lowest BCUT2D eigenvalue weighted by Gasteiger charge is -2.17. The number of esters is 1. The van der Waals surface area contributed by atoms with E-state index in [1.165, 1.54) is 0 Å². The first-order valence-electron chi connectivity index (χ1n) is 10.1. The molecule has 2 heterocycles. The number of ketones is 1. The number of rotatable bonds is 8. The zero-order chi connectivity index (χ0) is 21.8. The number of hydrogen-bond donors (Lipinski definition) is 0. The first kappa shape index (κ1) is 21.8. The van der Waals surface area contributed by atoms with Crippen LogP contribution in [0.2, 0.25) is 0 Å². The molecule has 1 aliphatic heterocycles. The third-order valence-corrected chi connectivity index (χ3v) is 5.43. The number of aromatic nitrogens is 1. The highest BCUT2D eigenvalue weighted by atomic mass is 16.5. The van der Waals surface area contributed by atoms with Gasteiger partial charge in [0.15, 0.2) is 6.61 Å². The van der Waals surface area contributed by atoms with Gasteiger partial charge in [-0.3, -0.25) is 9.59 Å². The lowest BCUT2D eigenvalue weighted by molar-refractivity contribution is -0.117. The van der Waals surface area contributed by atoms with E-state index in [4.69, 9.17) is 9.47 Å². The highest BCUT2D eigenvalue weighted by Crippen LogP contribution is 2.23. The largest absolute Gasteiger partial charge is 0.454 e. The summed E-state index contributed by atoms with van der Waals surface area (Å²) in [4.78, 5) is 38.8. The third-order valence-electron chi connectivity index (χ3n) is 5.43. The zero-order valence-corrected chi connectivity index (χ0v) is 17.9. The standard InChI is InChI=1S/C23H28N2O5/c1-15-11-20(17(3)25(15)16(2)13-29-4)21(26)14-30-23(28)18-7-5-8-19(12-18)24-10-6-9-22(24)27/h5,7-8,11-12,16H,6,9-10,13-14H2,1-4H3/t16-/m1/s1. The maximum Gasteiger partial charge on any atom is 0.338 e. The second-order valence-electron chi connectivity index (χ2n) is 7.66. The summed E-state index contributed by atoms with van der Waals surface area (Å²) in [7, 11) is 1.64. The molecular formula is C23H28N2O5. The van der Waals surface area contributed by atoms with Crippen molar-refractivity contribution in [3.05, 3.63) is 52.8 Å². The maximum absolute atomic E-state index is 12.7. The van der Waals surface area contributed by atoms with E-state index in [0.717, 1.165) is 17.8 Å². The van der Waals surface area contributed by atoms with E-state index >= 15 is 0 Å². The van der Waals surface area contributed by atoms with E-state index in [-0.39, 0.29) is 24.3 Å². The van der Waals surface area contributed by atoms with Crippen molar-refractivity contribution in [2.24, 2.45) is 0 Å². The number of ether oxygens (including phenoxy) is 2. The summed E-state index contributed by atoms with van der Waals surface area (Å²) in [5, 5.41) is 0. The highest BCUT2D eigenvalue weighted by Gasteiger charge is 2.23. The Hall–Kier alpha value is -2.93. The second kappa shape index (κ2) is 9.26. The van der Waals surface area contributed by atoms with Gasteiger partial charge in [0.25, 0.3) is 0 Å². The average Bonchev–Trinajstić information content (AvgIpc) is 3.28. The minimum atomic E-state index is -0.585. The van der Waals surface area contributed by atoms with Crippen LogP contribution < -0.4 is 4.90 Å². The van der Waals surface area contributed by atoms with Gasteiger partial charge in [-0.2, -0.15) is 0 Å². The van der Waals surface area contributed by atoms with E-state index in [1.54, 1.807) is 36.3 Å². The van der Waals surface area contributed by atoms with Crippen LogP contribution in [0.25, 0.3) is 0 Å². The van der Waals surface area contributed by atoms with Crippen molar-refractivity contribution in [3.63, 3.8) is 0 Å². The number of benzene rings is 1. The fraction of sp³-hybridized carbons (Fsp3) is 0.435. The number of carbonyl (C=O) groups excluding carboxylic acids is 3. The van der Waals surface area contributed by atoms with Gasteiger partial charge in [0, 0.05) is 42.7 Å². The van der Waals surface area contributed by atoms with Gasteiger partial charge in [-0.05, 0) is 51.5 Å². The van der Waals surface area contributed by atoms with E-state index < -0.39 is 5.97 Å². The number of amides is 1. The predicted molar refractivity (Wildman–Crippen MR) is 113 cm³/mol. The average molecular weight is 412 g/mol. The molecule has 1 aliphatic rings. The van der Waals surface area contributed by atoms with Gasteiger partial charge in [0.1, 0.15) is 0 Å². The molecular weight excluding hydrogens is 384 g/mol. The molecule has 3 rings (SSSR count). The van der Waals surface area contributed by atoms with Crippen molar-refractivity contribution in [1.29, 1.82) is 0 Å². The molecule has 1 saturated heterocycles. The molecule has 0 aliphatic carbocycles. The van der Waals surface area contributed by atoms with E-state index in [9.17, 15) is 14.4 Å². The molecule has 1 atom stereocenters. The minimum Gasteiger partial charge on any atom is -0.454 e. The summed E-state index contributed by atoms with van der Waals surface area (Å²) in [5.41, 5.74) is 3.31. The van der Waals surface area contributed by atoms with Crippen LogP contribution in [0.15, 0.2) is 30.3 Å². The van der Waals surface area contributed by atoms with Crippen molar-refractivity contribution in [1.82, 2.24) is 4.57 Å². The van der Waals surface area contributed by atoms with Crippen LogP contribution in [0.5, 0.6) is 0 Å². The Morgan fingerprint density at radius 1 is 1.20 bits per heavy atom. The van der Waals surface area contributed by atoms with Crippen LogP contribution in [0.3, 0.4) is 0 Å². The van der Waals surface area contributed by atoms with Crippen LogP contribution in [-0.2, 0) is 14.3 Å². The SMILES string of the molecule is COC[C@@H](C)n1c(C)cc(C(=O)COC(=O)c2cccc(N3CCCC3=O)c2)c1C. The summed E-state index contributed by atoms with van der Waals surface area (Å²) < 4.78 is 12.5. The van der Waals surface area contributed by atoms with Crippen molar-refractivity contribution < 1.29 is 23.9 Å². The molecule has 0 spiro atoms. The molecule has 0 unspecified atom stereocenters. The Morgan fingerprint density at radius 3 is 2.63 bits per heavy atom. The van der Waals surface area contributed by atoms with Crippen LogP contribution in [-0.4, -0.2) is 49.1 Å². The van der Waals surface area contributed by atoms with Gasteiger partial charge < -0.3 is 18.9 Å². The van der Waals surface area contributed by atoms with Crippen molar-refractivity contribution in [2.45, 2.75) is 39.7 Å². The topological polar surface area (TPSA) is 77.8 Å². The Morgan fingerprint density at radius 2 is 1.97 bits per heavy atom. The van der Waals surface area contributed by atoms with E-state index in [2.05, 4.69) is 4.57 Å². The quantitative estimate of drug-likeness (QED) is 0.490. The first-order chi connectivity index (χ1) is 14.3. The highest BCUT2D eigenvalue weighted by molar-refractivity contribution is 6.01. The second-order valence-corrected chi connectivity index (χ2v) is 7.66. The molecule has 7 heteroatoms. The molecule has 1 aromatic heterocycles. The summed E-state index contributed by atoms with van der Waals surface area (Å²) >= 11 is 0. The predicted octanol–water partition coefficient (Wildman–Crippen LogP) is 3.48. The molecule has 2 aromatic rings. The Labute approximate surface area is 176 Å². The van der Waals surface area contributed by atoms with E-state index in [0.29, 0.717) is 36.4 Å². The fourth-order valence-corrected chi connectivity index (χ4v) is 4.07. The fourth-order valence-electron chi connectivity index (χ4n) is 4.07. The molecule has 160 valence electrons. The molecule has 30 heavy (non-hydrogen) atoms. The molecule has 0 N–H and O–H groups in total. The number of aryl methyl sites for hydroxylation is 1. The summed E-state index contributed by atoms with van der Waals surface area (Å²) in [6.07, 6.45) is 1.33. The number of carbonyl (C=O) groups is 3. The van der Waals surface area contributed by atoms with Crippen LogP contribution in [0, 0.1) is 13.8 Å². The monoisotopic (exact) mass is 412 g/mol. The Balaban J connectivity index is 1.67. The van der Waals surface area contributed by atoms with Gasteiger partial charge >= 0.3 is 5.97 Å². The van der Waals surface area contributed by atoms with Gasteiger partial charge in [0.05, 0.1) is 18.2 Å². The smallest absolute Gasteiger partial charge is 0.338 e. The van der Waals surface area contributed by atoms with Crippen molar-refractivity contribution in [2.75, 3.05) is 31.8 Å². The van der Waals surface area contributed by atoms with Crippen LogP contribution >= 0.6 is 0 Å². The number of nitrogens with zero attached hydrogens (tertiary/aromatic N) is 2. The van der Waals surface area contributed by atoms with Crippen molar-refractivity contribution >= 4 is 23.3 Å². The van der Waals surface area contributed by atoms with Crippen LogP contribution in [0.4, 0.5) is 5.69 Å². The molecule has 1 fully saturated rings. The summed E-state index contributed by atoms with van der Waals surface area (Å²) in [6, 6.07) is 8.67. The minimum absolute atomic E-state index is 0.0498. The molecule has 7 nitrogen and oxygen atoms in total. The number of Topliss-reactive ketones (excluding diaryl/α,β-unsaturated/α-hetero) is 1. The number of hydrogen-bond acceptors (Lipinski definition) is 5. The third kappa shape index (κ3) is 4.46. The first-order valence-corrected chi connectivity index (χ1v) is 10.1. The maximum atomic E-state index is 12.7. The normalized spacial score (nSPS) is 14.8. The Bertz CT molecular complexity index is 962. The van der Waals surface area contributed by atoms with Gasteiger partial charge in [-0.25, -0.2) is 4.79 Å². The summed E-state index contributed by atoms with van der Waals surface area (Å²) in [6.45, 7) is 6.68. The van der Waals surface area contributed by atoms with Gasteiger partial charge in [0.2, 0.25) is 11.7 Å².